The number of likely N-dealkylation sites (tertiary alicyclic amines) is 1. The van der Waals surface area contributed by atoms with Gasteiger partial charge in [-0.3, -0.25) is 14.4 Å². The summed E-state index contributed by atoms with van der Waals surface area (Å²) in [4.78, 5) is 41.7. The van der Waals surface area contributed by atoms with E-state index in [0.29, 0.717) is 37.8 Å². The second kappa shape index (κ2) is 9.08. The highest BCUT2D eigenvalue weighted by Gasteiger charge is 2.41. The van der Waals surface area contributed by atoms with Crippen LogP contribution < -0.4 is 11.1 Å². The van der Waals surface area contributed by atoms with Crippen LogP contribution in [0.5, 0.6) is 0 Å². The van der Waals surface area contributed by atoms with Gasteiger partial charge in [0.05, 0.1) is 11.8 Å². The van der Waals surface area contributed by atoms with Crippen molar-refractivity contribution in [3.63, 3.8) is 0 Å². The van der Waals surface area contributed by atoms with E-state index in [-0.39, 0.29) is 35.6 Å². The Kier molecular flexibility index (Phi) is 6.80. The fraction of sp³-hybridized carbons (Fsp3) is 0.833. The van der Waals surface area contributed by atoms with Crippen molar-refractivity contribution in [2.45, 2.75) is 44.6 Å². The Hall–Kier alpha value is -1.28. The third-order valence-corrected chi connectivity index (χ3v) is 6.71. The molecule has 8 heteroatoms. The number of carbonyl (C=O) groups is 3. The lowest BCUT2D eigenvalue weighted by atomic mass is 9.96. The van der Waals surface area contributed by atoms with Gasteiger partial charge < -0.3 is 20.9 Å². The third-order valence-electron chi connectivity index (χ3n) is 5.70. The van der Waals surface area contributed by atoms with Gasteiger partial charge in [-0.1, -0.05) is 12.8 Å². The third kappa shape index (κ3) is 4.34. The molecule has 3 amide bonds. The molecular weight excluding hydrogens is 352 g/mol. The summed E-state index contributed by atoms with van der Waals surface area (Å²) < 4.78 is 0. The van der Waals surface area contributed by atoms with Crippen molar-refractivity contribution in [3.8, 4) is 0 Å². The van der Waals surface area contributed by atoms with E-state index in [9.17, 15) is 14.4 Å². The van der Waals surface area contributed by atoms with Crippen LogP contribution in [0.3, 0.4) is 0 Å². The fourth-order valence-electron chi connectivity index (χ4n) is 4.21. The predicted octanol–water partition coefficient (Wildman–Crippen LogP) is 0.392. The van der Waals surface area contributed by atoms with E-state index >= 15 is 0 Å². The number of nitrogens with two attached hydrogens (primary N) is 1. The fourth-order valence-corrected chi connectivity index (χ4v) is 5.37. The number of nitrogens with one attached hydrogen (secondary N) is 1. The zero-order valence-electron chi connectivity index (χ0n) is 15.3. The normalized spacial score (nSPS) is 27.0. The summed E-state index contributed by atoms with van der Waals surface area (Å²) in [6.07, 6.45) is 5.75. The first kappa shape index (κ1) is 19.5. The lowest BCUT2D eigenvalue weighted by Crippen LogP contribution is -2.54. The summed E-state index contributed by atoms with van der Waals surface area (Å²) in [5.41, 5.74) is 5.44. The van der Waals surface area contributed by atoms with Gasteiger partial charge in [-0.25, -0.2) is 0 Å². The summed E-state index contributed by atoms with van der Waals surface area (Å²) in [6.45, 7) is 2.00. The highest BCUT2D eigenvalue weighted by Crippen LogP contribution is 2.31. The van der Waals surface area contributed by atoms with Crippen LogP contribution in [0.2, 0.25) is 0 Å². The largest absolute Gasteiger partial charge is 0.355 e. The van der Waals surface area contributed by atoms with Crippen LogP contribution in [-0.2, 0) is 14.4 Å². The molecule has 1 aliphatic carbocycles. The first-order valence-electron chi connectivity index (χ1n) is 9.76. The van der Waals surface area contributed by atoms with Crippen LogP contribution in [0.4, 0.5) is 0 Å². The molecule has 1 saturated carbocycles. The number of thioether (sulfide) groups is 1. The summed E-state index contributed by atoms with van der Waals surface area (Å²) in [5.74, 6) is 1.34. The molecule has 2 unspecified atom stereocenters. The van der Waals surface area contributed by atoms with E-state index in [4.69, 9.17) is 5.73 Å². The van der Waals surface area contributed by atoms with Gasteiger partial charge in [-0.2, -0.15) is 0 Å². The first-order chi connectivity index (χ1) is 12.6. The zero-order chi connectivity index (χ0) is 18.5. The molecule has 146 valence electrons. The molecule has 0 radical (unpaired) electrons. The van der Waals surface area contributed by atoms with Gasteiger partial charge in [0.15, 0.2) is 0 Å². The van der Waals surface area contributed by atoms with Crippen molar-refractivity contribution >= 4 is 29.5 Å². The van der Waals surface area contributed by atoms with E-state index in [2.05, 4.69) is 5.32 Å². The van der Waals surface area contributed by atoms with Crippen LogP contribution in [-0.4, -0.2) is 71.4 Å². The number of piperidine rings is 1. The molecule has 3 N–H and O–H groups in total. The Labute approximate surface area is 159 Å². The SMILES string of the molecule is NCCNC(=O)C1CCCN(C(=O)C2CSCN2C(=O)C2CCCC2)C1. The van der Waals surface area contributed by atoms with Gasteiger partial charge >= 0.3 is 0 Å². The van der Waals surface area contributed by atoms with Crippen molar-refractivity contribution < 1.29 is 14.4 Å². The van der Waals surface area contributed by atoms with Crippen LogP contribution in [0, 0.1) is 11.8 Å². The second-order valence-electron chi connectivity index (χ2n) is 7.51. The average Bonchev–Trinajstić information content (AvgIpc) is 3.37. The minimum Gasteiger partial charge on any atom is -0.355 e. The summed E-state index contributed by atoms with van der Waals surface area (Å²) >= 11 is 1.65. The Morgan fingerprint density at radius 1 is 1.04 bits per heavy atom. The van der Waals surface area contributed by atoms with Gasteiger partial charge in [0.25, 0.3) is 0 Å². The van der Waals surface area contributed by atoms with Gasteiger partial charge in [0.1, 0.15) is 6.04 Å². The summed E-state index contributed by atoms with van der Waals surface area (Å²) in [7, 11) is 0. The molecule has 7 nitrogen and oxygen atoms in total. The summed E-state index contributed by atoms with van der Waals surface area (Å²) in [6, 6.07) is -0.362. The van der Waals surface area contributed by atoms with E-state index in [1.807, 2.05) is 0 Å². The predicted molar refractivity (Wildman–Crippen MR) is 101 cm³/mol. The minimum atomic E-state index is -0.362. The smallest absolute Gasteiger partial charge is 0.246 e. The molecule has 2 saturated heterocycles. The molecule has 0 aromatic carbocycles. The standard InChI is InChI=1S/C18H30N4O3S/c19-7-8-20-16(23)14-6-3-9-21(10-14)18(25)15-11-26-12-22(15)17(24)13-4-1-2-5-13/h13-15H,1-12,19H2,(H,20,23). The maximum Gasteiger partial charge on any atom is 0.246 e. The Bertz CT molecular complexity index is 539. The van der Waals surface area contributed by atoms with Crippen molar-refractivity contribution in [3.05, 3.63) is 0 Å². The molecule has 3 fully saturated rings. The van der Waals surface area contributed by atoms with Crippen LogP contribution >= 0.6 is 11.8 Å². The Morgan fingerprint density at radius 3 is 2.50 bits per heavy atom. The molecule has 2 atom stereocenters. The van der Waals surface area contributed by atoms with Crippen LogP contribution in [0.1, 0.15) is 38.5 Å². The van der Waals surface area contributed by atoms with Crippen LogP contribution in [0.15, 0.2) is 0 Å². The maximum absolute atomic E-state index is 13.1. The van der Waals surface area contributed by atoms with Crippen molar-refractivity contribution in [1.29, 1.82) is 0 Å². The maximum atomic E-state index is 13.1. The molecule has 0 bridgehead atoms. The number of rotatable bonds is 5. The summed E-state index contributed by atoms with van der Waals surface area (Å²) in [5, 5.41) is 2.82. The second-order valence-corrected chi connectivity index (χ2v) is 8.51. The van der Waals surface area contributed by atoms with Crippen LogP contribution in [0.25, 0.3) is 0 Å². The zero-order valence-corrected chi connectivity index (χ0v) is 16.1. The van der Waals surface area contributed by atoms with Gasteiger partial charge in [-0.15, -0.1) is 11.8 Å². The van der Waals surface area contributed by atoms with Crippen molar-refractivity contribution in [2.75, 3.05) is 37.8 Å². The monoisotopic (exact) mass is 382 g/mol. The molecule has 2 heterocycles. The number of hydrogen-bond acceptors (Lipinski definition) is 5. The Morgan fingerprint density at radius 2 is 1.77 bits per heavy atom. The van der Waals surface area contributed by atoms with Gasteiger partial charge in [0, 0.05) is 37.8 Å². The van der Waals surface area contributed by atoms with Gasteiger partial charge in [0.2, 0.25) is 17.7 Å². The van der Waals surface area contributed by atoms with E-state index < -0.39 is 0 Å². The van der Waals surface area contributed by atoms with Gasteiger partial charge in [-0.05, 0) is 25.7 Å². The van der Waals surface area contributed by atoms with Crippen molar-refractivity contribution in [1.82, 2.24) is 15.1 Å². The molecule has 3 aliphatic rings. The molecule has 3 rings (SSSR count). The van der Waals surface area contributed by atoms with E-state index in [0.717, 1.165) is 38.5 Å². The lowest BCUT2D eigenvalue weighted by Gasteiger charge is -2.35. The lowest BCUT2D eigenvalue weighted by molar-refractivity contribution is -0.147. The molecule has 0 aromatic heterocycles. The molecule has 26 heavy (non-hydrogen) atoms. The molecule has 2 aliphatic heterocycles. The highest BCUT2D eigenvalue weighted by atomic mass is 32.2. The molecule has 0 spiro atoms. The van der Waals surface area contributed by atoms with E-state index in [1.54, 1.807) is 21.6 Å². The number of carbonyl (C=O) groups excluding carboxylic acids is 3. The quantitative estimate of drug-likeness (QED) is 0.717. The topological polar surface area (TPSA) is 95.7 Å². The molecule has 0 aromatic rings. The van der Waals surface area contributed by atoms with Crippen molar-refractivity contribution in [2.24, 2.45) is 17.6 Å². The highest BCUT2D eigenvalue weighted by molar-refractivity contribution is 7.99. The number of amides is 3. The Balaban J connectivity index is 1.60. The number of hydrogen-bond donors (Lipinski definition) is 2. The molecular formula is C18H30N4O3S. The van der Waals surface area contributed by atoms with E-state index in [1.165, 1.54) is 0 Å². The minimum absolute atomic E-state index is 0.0117. The number of nitrogens with zero attached hydrogens (tertiary/aromatic N) is 2. The first-order valence-corrected chi connectivity index (χ1v) is 10.9. The average molecular weight is 383 g/mol.